The van der Waals surface area contributed by atoms with Gasteiger partial charge in [-0.1, -0.05) is 12.1 Å². The van der Waals surface area contributed by atoms with E-state index < -0.39 is 6.43 Å². The summed E-state index contributed by atoms with van der Waals surface area (Å²) in [6.07, 6.45) is -1.51. The maximum Gasteiger partial charge on any atom is 0.263 e. The number of rotatable bonds is 1. The Kier molecular flexibility index (Phi) is 2.50. The predicted molar refractivity (Wildman–Crippen MR) is 51.5 cm³/mol. The average molecular weight is 197 g/mol. The highest BCUT2D eigenvalue weighted by atomic mass is 19.3. The molecule has 1 heterocycles. The number of nitrogens with one attached hydrogen (secondary N) is 1. The van der Waals surface area contributed by atoms with Crippen molar-refractivity contribution in [1.29, 1.82) is 0 Å². The van der Waals surface area contributed by atoms with Gasteiger partial charge in [-0.25, -0.2) is 8.78 Å². The van der Waals surface area contributed by atoms with E-state index in [1.54, 1.807) is 6.07 Å². The maximum absolute atomic E-state index is 12.4. The molecule has 1 aromatic rings. The second-order valence-electron chi connectivity index (χ2n) is 3.68. The molecule has 0 bridgehead atoms. The molecular formula is C11H13F2N. The van der Waals surface area contributed by atoms with Crippen LogP contribution >= 0.6 is 0 Å². The first-order valence-electron chi connectivity index (χ1n) is 4.82. The molecule has 1 nitrogen and oxygen atoms in total. The summed E-state index contributed by atoms with van der Waals surface area (Å²) in [7, 11) is 0. The highest BCUT2D eigenvalue weighted by molar-refractivity contribution is 5.36. The molecule has 1 aliphatic rings. The highest BCUT2D eigenvalue weighted by Crippen LogP contribution is 2.27. The number of benzene rings is 1. The van der Waals surface area contributed by atoms with E-state index in [-0.39, 0.29) is 11.6 Å². The Labute approximate surface area is 82.1 Å². The van der Waals surface area contributed by atoms with Gasteiger partial charge in [-0.05, 0) is 37.1 Å². The summed E-state index contributed by atoms with van der Waals surface area (Å²) < 4.78 is 24.8. The van der Waals surface area contributed by atoms with Crippen LogP contribution in [0.1, 0.15) is 36.1 Å². The molecule has 0 aliphatic carbocycles. The molecule has 0 amide bonds. The minimum absolute atomic E-state index is 0.137. The van der Waals surface area contributed by atoms with E-state index >= 15 is 0 Å². The van der Waals surface area contributed by atoms with E-state index in [0.29, 0.717) is 0 Å². The Morgan fingerprint density at radius 1 is 1.43 bits per heavy atom. The Morgan fingerprint density at radius 3 is 2.93 bits per heavy atom. The Morgan fingerprint density at radius 2 is 2.21 bits per heavy atom. The minimum Gasteiger partial charge on any atom is -0.310 e. The molecule has 3 heteroatoms. The van der Waals surface area contributed by atoms with Gasteiger partial charge in [-0.2, -0.15) is 0 Å². The summed E-state index contributed by atoms with van der Waals surface area (Å²) in [5.74, 6) is 0. The molecule has 0 fully saturated rings. The lowest BCUT2D eigenvalue weighted by atomic mass is 9.93. The number of hydrogen-bond donors (Lipinski definition) is 1. The first-order valence-corrected chi connectivity index (χ1v) is 4.82. The van der Waals surface area contributed by atoms with Crippen LogP contribution in [0.3, 0.4) is 0 Å². The van der Waals surface area contributed by atoms with Crippen molar-refractivity contribution in [3.05, 3.63) is 34.9 Å². The summed E-state index contributed by atoms with van der Waals surface area (Å²) in [6.45, 7) is 2.93. The van der Waals surface area contributed by atoms with Crippen molar-refractivity contribution in [3.63, 3.8) is 0 Å². The summed E-state index contributed by atoms with van der Waals surface area (Å²) in [5, 5.41) is 3.30. The van der Waals surface area contributed by atoms with Gasteiger partial charge < -0.3 is 5.32 Å². The van der Waals surface area contributed by atoms with E-state index in [1.165, 1.54) is 6.07 Å². The molecule has 0 unspecified atom stereocenters. The van der Waals surface area contributed by atoms with Gasteiger partial charge >= 0.3 is 0 Å². The quantitative estimate of drug-likeness (QED) is 0.730. The van der Waals surface area contributed by atoms with Crippen LogP contribution < -0.4 is 5.32 Å². The third-order valence-corrected chi connectivity index (χ3v) is 2.73. The van der Waals surface area contributed by atoms with Crippen molar-refractivity contribution in [2.45, 2.75) is 25.8 Å². The van der Waals surface area contributed by atoms with Gasteiger partial charge in [0.15, 0.2) is 0 Å². The summed E-state index contributed by atoms with van der Waals surface area (Å²) in [5.41, 5.74) is 2.35. The molecule has 1 aromatic carbocycles. The molecule has 0 saturated carbocycles. The molecule has 1 atom stereocenters. The zero-order valence-electron chi connectivity index (χ0n) is 8.06. The van der Waals surface area contributed by atoms with Crippen LogP contribution in [0.2, 0.25) is 0 Å². The minimum atomic E-state index is -2.36. The second kappa shape index (κ2) is 3.65. The Bertz CT molecular complexity index is 336. The van der Waals surface area contributed by atoms with Crippen molar-refractivity contribution >= 4 is 0 Å². The number of fused-ring (bicyclic) bond motifs is 1. The van der Waals surface area contributed by atoms with Gasteiger partial charge in [-0.3, -0.25) is 0 Å². The SMILES string of the molecule is C[C@@H]1NCCc2cc(C(F)F)ccc21. The molecule has 0 spiro atoms. The highest BCUT2D eigenvalue weighted by Gasteiger charge is 2.17. The fourth-order valence-corrected chi connectivity index (χ4v) is 1.93. The summed E-state index contributed by atoms with van der Waals surface area (Å²) in [6, 6.07) is 5.25. The molecular weight excluding hydrogens is 184 g/mol. The van der Waals surface area contributed by atoms with Crippen LogP contribution in [-0.2, 0) is 6.42 Å². The largest absolute Gasteiger partial charge is 0.310 e. The average Bonchev–Trinajstić information content (AvgIpc) is 2.17. The third-order valence-electron chi connectivity index (χ3n) is 2.73. The monoisotopic (exact) mass is 197 g/mol. The van der Waals surface area contributed by atoms with Gasteiger partial charge in [0.05, 0.1) is 0 Å². The fraction of sp³-hybridized carbons (Fsp3) is 0.455. The van der Waals surface area contributed by atoms with Crippen LogP contribution in [-0.4, -0.2) is 6.54 Å². The molecule has 2 rings (SSSR count). The van der Waals surface area contributed by atoms with E-state index in [4.69, 9.17) is 0 Å². The van der Waals surface area contributed by atoms with Crippen LogP contribution in [0.5, 0.6) is 0 Å². The summed E-state index contributed by atoms with van der Waals surface area (Å²) in [4.78, 5) is 0. The van der Waals surface area contributed by atoms with Gasteiger partial charge in [0, 0.05) is 11.6 Å². The number of halogens is 2. The van der Waals surface area contributed by atoms with Gasteiger partial charge in [0.1, 0.15) is 0 Å². The van der Waals surface area contributed by atoms with Crippen LogP contribution in [0, 0.1) is 0 Å². The molecule has 0 saturated heterocycles. The third kappa shape index (κ3) is 1.64. The van der Waals surface area contributed by atoms with Gasteiger partial charge in [-0.15, -0.1) is 0 Å². The molecule has 1 N–H and O–H groups in total. The van der Waals surface area contributed by atoms with E-state index in [0.717, 1.165) is 24.1 Å². The standard InChI is InChI=1S/C11H13F2N/c1-7-10-3-2-9(11(12)13)6-8(10)4-5-14-7/h2-3,6-7,11,14H,4-5H2,1H3/t7-/m0/s1. The maximum atomic E-state index is 12.4. The lowest BCUT2D eigenvalue weighted by Gasteiger charge is -2.24. The topological polar surface area (TPSA) is 12.0 Å². The van der Waals surface area contributed by atoms with Crippen LogP contribution in [0.4, 0.5) is 8.78 Å². The van der Waals surface area contributed by atoms with E-state index in [2.05, 4.69) is 12.2 Å². The first kappa shape index (κ1) is 9.59. The van der Waals surface area contributed by atoms with Crippen LogP contribution in [0.15, 0.2) is 18.2 Å². The van der Waals surface area contributed by atoms with Crippen molar-refractivity contribution < 1.29 is 8.78 Å². The summed E-state index contributed by atoms with van der Waals surface area (Å²) >= 11 is 0. The Hall–Kier alpha value is -0.960. The fourth-order valence-electron chi connectivity index (χ4n) is 1.93. The van der Waals surface area contributed by atoms with Crippen molar-refractivity contribution in [2.75, 3.05) is 6.54 Å². The second-order valence-corrected chi connectivity index (χ2v) is 3.68. The lowest BCUT2D eigenvalue weighted by molar-refractivity contribution is 0.151. The zero-order valence-corrected chi connectivity index (χ0v) is 8.06. The molecule has 0 aromatic heterocycles. The van der Waals surface area contributed by atoms with Gasteiger partial charge in [0.25, 0.3) is 6.43 Å². The molecule has 1 aliphatic heterocycles. The van der Waals surface area contributed by atoms with E-state index in [1.807, 2.05) is 6.07 Å². The number of alkyl halides is 2. The smallest absolute Gasteiger partial charge is 0.263 e. The molecule has 0 radical (unpaired) electrons. The Balaban J connectivity index is 2.39. The predicted octanol–water partition coefficient (Wildman–Crippen LogP) is 2.83. The van der Waals surface area contributed by atoms with Crippen molar-refractivity contribution in [3.8, 4) is 0 Å². The molecule has 76 valence electrons. The molecule has 14 heavy (non-hydrogen) atoms. The number of hydrogen-bond acceptors (Lipinski definition) is 1. The van der Waals surface area contributed by atoms with Crippen molar-refractivity contribution in [1.82, 2.24) is 5.32 Å². The van der Waals surface area contributed by atoms with E-state index in [9.17, 15) is 8.78 Å². The van der Waals surface area contributed by atoms with Crippen LogP contribution in [0.25, 0.3) is 0 Å². The normalized spacial score (nSPS) is 21.0. The van der Waals surface area contributed by atoms with Gasteiger partial charge in [0.2, 0.25) is 0 Å². The first-order chi connectivity index (χ1) is 6.68. The van der Waals surface area contributed by atoms with Crippen molar-refractivity contribution in [2.24, 2.45) is 0 Å². The zero-order chi connectivity index (χ0) is 10.1. The lowest BCUT2D eigenvalue weighted by Crippen LogP contribution is -2.27.